The summed E-state index contributed by atoms with van der Waals surface area (Å²) < 4.78 is 76.8. The number of halogens is 6. The van der Waals surface area contributed by atoms with Crippen molar-refractivity contribution in [2.24, 2.45) is 11.7 Å². The highest BCUT2D eigenvalue weighted by Gasteiger charge is 2.38. The van der Waals surface area contributed by atoms with E-state index in [0.29, 0.717) is 12.1 Å². The average molecular weight is 368 g/mol. The normalized spacial score (nSPS) is 16.4. The van der Waals surface area contributed by atoms with Crippen molar-refractivity contribution in [1.29, 1.82) is 0 Å². The van der Waals surface area contributed by atoms with Gasteiger partial charge in [0.15, 0.2) is 0 Å². The number of alkyl halides is 6. The van der Waals surface area contributed by atoms with Gasteiger partial charge in [-0.3, -0.25) is 9.59 Å². The van der Waals surface area contributed by atoms with Crippen LogP contribution in [0.5, 0.6) is 0 Å². The van der Waals surface area contributed by atoms with Gasteiger partial charge in [0.1, 0.15) is 6.04 Å². The van der Waals surface area contributed by atoms with E-state index in [0.717, 1.165) is 12.8 Å². The number of carbonyl (C=O) groups excluding carboxylic acids is 2. The molecule has 1 aliphatic rings. The smallest absolute Gasteiger partial charge is 0.368 e. The van der Waals surface area contributed by atoms with E-state index >= 15 is 0 Å². The van der Waals surface area contributed by atoms with Crippen LogP contribution in [-0.4, -0.2) is 17.9 Å². The van der Waals surface area contributed by atoms with Gasteiger partial charge in [-0.2, -0.15) is 26.3 Å². The van der Waals surface area contributed by atoms with Gasteiger partial charge < -0.3 is 11.1 Å². The molecule has 3 N–H and O–H groups in total. The molecule has 1 atom stereocenters. The zero-order valence-electron chi connectivity index (χ0n) is 12.7. The van der Waals surface area contributed by atoms with Crippen LogP contribution in [0.4, 0.5) is 26.3 Å². The molecule has 2 rings (SSSR count). The van der Waals surface area contributed by atoms with Gasteiger partial charge in [-0.1, -0.05) is 12.8 Å². The number of primary amides is 1. The molecule has 0 unspecified atom stereocenters. The minimum absolute atomic E-state index is 0.0768. The Kier molecular flexibility index (Phi) is 5.01. The molecular formula is C15H14F6N2O2. The van der Waals surface area contributed by atoms with Gasteiger partial charge in [-0.25, -0.2) is 0 Å². The Labute approximate surface area is 138 Å². The van der Waals surface area contributed by atoms with Crippen LogP contribution in [0.3, 0.4) is 0 Å². The minimum Gasteiger partial charge on any atom is -0.368 e. The number of benzene rings is 1. The molecule has 0 aliphatic heterocycles. The number of rotatable bonds is 5. The Hall–Kier alpha value is -2.26. The number of hydrogen-bond acceptors (Lipinski definition) is 2. The van der Waals surface area contributed by atoms with Crippen molar-refractivity contribution in [2.75, 3.05) is 0 Å². The number of amides is 2. The molecule has 0 heterocycles. The summed E-state index contributed by atoms with van der Waals surface area (Å²) in [5.74, 6) is -1.96. The first-order valence-electron chi connectivity index (χ1n) is 7.27. The molecule has 0 saturated heterocycles. The van der Waals surface area contributed by atoms with Gasteiger partial charge in [0.2, 0.25) is 5.91 Å². The van der Waals surface area contributed by atoms with Crippen molar-refractivity contribution in [3.63, 3.8) is 0 Å². The summed E-state index contributed by atoms with van der Waals surface area (Å²) in [4.78, 5) is 23.4. The van der Waals surface area contributed by atoms with E-state index in [1.165, 1.54) is 0 Å². The molecule has 138 valence electrons. The summed E-state index contributed by atoms with van der Waals surface area (Å²) >= 11 is 0. The van der Waals surface area contributed by atoms with Crippen molar-refractivity contribution < 1.29 is 35.9 Å². The Balaban J connectivity index is 2.32. The van der Waals surface area contributed by atoms with Gasteiger partial charge >= 0.3 is 12.4 Å². The topological polar surface area (TPSA) is 72.2 Å². The van der Waals surface area contributed by atoms with Crippen LogP contribution in [0, 0.1) is 5.92 Å². The summed E-state index contributed by atoms with van der Waals surface area (Å²) in [6.45, 7) is 0. The Morgan fingerprint density at radius 3 is 1.88 bits per heavy atom. The predicted octanol–water partition coefficient (Wildman–Crippen LogP) is 3.11. The third-order valence-electron chi connectivity index (χ3n) is 3.76. The molecule has 0 radical (unpaired) electrons. The van der Waals surface area contributed by atoms with Crippen LogP contribution in [-0.2, 0) is 17.1 Å². The first-order valence-corrected chi connectivity index (χ1v) is 7.27. The van der Waals surface area contributed by atoms with E-state index in [1.807, 2.05) is 0 Å². The standard InChI is InChI=1S/C15H14F6N2O2/c16-14(17,18)9-4-8(5-10(6-9)15(19,20)21)13(25)23-11(12(22)24)3-7-1-2-7/h4-7,11H,1-3H2,(H2,22,24)(H,23,25)/t11-/m0/s1. The van der Waals surface area contributed by atoms with E-state index in [9.17, 15) is 35.9 Å². The zero-order chi connectivity index (χ0) is 19.0. The molecule has 1 saturated carbocycles. The maximum atomic E-state index is 12.8. The van der Waals surface area contributed by atoms with Crippen LogP contribution in [0.2, 0.25) is 0 Å². The summed E-state index contributed by atoms with van der Waals surface area (Å²) in [5, 5.41) is 2.11. The molecular weight excluding hydrogens is 354 g/mol. The van der Waals surface area contributed by atoms with Gasteiger partial charge in [-0.15, -0.1) is 0 Å². The van der Waals surface area contributed by atoms with E-state index < -0.39 is 46.9 Å². The van der Waals surface area contributed by atoms with Crippen LogP contribution in [0.25, 0.3) is 0 Å². The van der Waals surface area contributed by atoms with Crippen molar-refractivity contribution in [3.05, 3.63) is 34.9 Å². The Morgan fingerprint density at radius 2 is 1.52 bits per heavy atom. The molecule has 0 aromatic heterocycles. The van der Waals surface area contributed by atoms with Gasteiger partial charge in [-0.05, 0) is 30.5 Å². The SMILES string of the molecule is NC(=O)[C@H](CC1CC1)NC(=O)c1cc(C(F)(F)F)cc(C(F)(F)F)c1. The fourth-order valence-corrected chi connectivity index (χ4v) is 2.26. The predicted molar refractivity (Wildman–Crippen MR) is 74.2 cm³/mol. The summed E-state index contributed by atoms with van der Waals surface area (Å²) in [7, 11) is 0. The molecule has 0 spiro atoms. The van der Waals surface area contributed by atoms with Crippen molar-refractivity contribution in [1.82, 2.24) is 5.32 Å². The number of hydrogen-bond donors (Lipinski definition) is 2. The van der Waals surface area contributed by atoms with E-state index in [2.05, 4.69) is 5.32 Å². The highest BCUT2D eigenvalue weighted by molar-refractivity contribution is 5.97. The fourth-order valence-electron chi connectivity index (χ4n) is 2.26. The second-order valence-electron chi connectivity index (χ2n) is 5.90. The molecule has 2 amide bonds. The molecule has 10 heteroatoms. The van der Waals surface area contributed by atoms with Crippen molar-refractivity contribution in [3.8, 4) is 0 Å². The summed E-state index contributed by atoms with van der Waals surface area (Å²) in [6, 6.07) is -0.615. The largest absolute Gasteiger partial charge is 0.416 e. The number of nitrogens with one attached hydrogen (secondary N) is 1. The molecule has 25 heavy (non-hydrogen) atoms. The Morgan fingerprint density at radius 1 is 1.04 bits per heavy atom. The lowest BCUT2D eigenvalue weighted by Crippen LogP contribution is -2.44. The number of nitrogens with two attached hydrogens (primary N) is 1. The van der Waals surface area contributed by atoms with E-state index in [4.69, 9.17) is 5.73 Å². The Bertz CT molecular complexity index is 647. The molecule has 0 bridgehead atoms. The van der Waals surface area contributed by atoms with Crippen molar-refractivity contribution >= 4 is 11.8 Å². The first-order chi connectivity index (χ1) is 11.4. The van der Waals surface area contributed by atoms with Crippen LogP contribution < -0.4 is 11.1 Å². The number of carbonyl (C=O) groups is 2. The monoisotopic (exact) mass is 368 g/mol. The first kappa shape index (κ1) is 19.1. The zero-order valence-corrected chi connectivity index (χ0v) is 12.7. The lowest BCUT2D eigenvalue weighted by Gasteiger charge is -2.17. The van der Waals surface area contributed by atoms with Gasteiger partial charge in [0.05, 0.1) is 11.1 Å². The maximum absolute atomic E-state index is 12.8. The lowest BCUT2D eigenvalue weighted by atomic mass is 10.0. The third-order valence-corrected chi connectivity index (χ3v) is 3.76. The highest BCUT2D eigenvalue weighted by atomic mass is 19.4. The second-order valence-corrected chi connectivity index (χ2v) is 5.90. The van der Waals surface area contributed by atoms with Crippen molar-refractivity contribution in [2.45, 2.75) is 37.7 Å². The summed E-state index contributed by atoms with van der Waals surface area (Å²) in [5.41, 5.74) is 1.07. The third kappa shape index (κ3) is 5.10. The molecule has 1 aromatic rings. The van der Waals surface area contributed by atoms with E-state index in [-0.39, 0.29) is 18.4 Å². The molecule has 1 aliphatic carbocycles. The van der Waals surface area contributed by atoms with Gasteiger partial charge in [0, 0.05) is 5.56 Å². The van der Waals surface area contributed by atoms with Crippen LogP contribution in [0.1, 0.15) is 40.7 Å². The quantitative estimate of drug-likeness (QED) is 0.784. The molecule has 4 nitrogen and oxygen atoms in total. The van der Waals surface area contributed by atoms with E-state index in [1.54, 1.807) is 0 Å². The van der Waals surface area contributed by atoms with Crippen LogP contribution in [0.15, 0.2) is 18.2 Å². The van der Waals surface area contributed by atoms with Crippen LogP contribution >= 0.6 is 0 Å². The molecule has 1 aromatic carbocycles. The molecule has 1 fully saturated rings. The second kappa shape index (κ2) is 6.57. The summed E-state index contributed by atoms with van der Waals surface area (Å²) in [6.07, 6.45) is -8.28. The minimum atomic E-state index is -5.06. The maximum Gasteiger partial charge on any atom is 0.416 e. The van der Waals surface area contributed by atoms with Gasteiger partial charge in [0.25, 0.3) is 5.91 Å². The average Bonchev–Trinajstić information content (AvgIpc) is 3.28. The highest BCUT2D eigenvalue weighted by Crippen LogP contribution is 2.36. The fraction of sp³-hybridized carbons (Fsp3) is 0.467. The lowest BCUT2D eigenvalue weighted by molar-refractivity contribution is -0.143.